The number of hydrazine groups is 1. The van der Waals surface area contributed by atoms with Gasteiger partial charge in [0.2, 0.25) is 5.91 Å². The molecule has 5 rings (SSSR count). The van der Waals surface area contributed by atoms with Gasteiger partial charge in [-0.3, -0.25) is 9.59 Å². The lowest BCUT2D eigenvalue weighted by Crippen LogP contribution is -2.44. The number of carbonyl (C=O) groups excluding carboxylic acids is 2. The first-order chi connectivity index (χ1) is 13.5. The van der Waals surface area contributed by atoms with Gasteiger partial charge in [0.25, 0.3) is 5.91 Å². The van der Waals surface area contributed by atoms with Crippen LogP contribution < -0.4 is 4.90 Å². The molecule has 3 aliphatic heterocycles. The van der Waals surface area contributed by atoms with E-state index in [1.54, 1.807) is 12.1 Å². The van der Waals surface area contributed by atoms with Gasteiger partial charge in [-0.25, -0.2) is 19.3 Å². The molecular weight excluding hydrogens is 404 g/mol. The third-order valence-corrected chi connectivity index (χ3v) is 6.34. The summed E-state index contributed by atoms with van der Waals surface area (Å²) in [6.07, 6.45) is 0.921. The number of imide groups is 1. The second-order valence-corrected chi connectivity index (χ2v) is 8.10. The Morgan fingerprint density at radius 3 is 2.25 bits per heavy atom. The van der Waals surface area contributed by atoms with Crippen LogP contribution in [-0.2, 0) is 9.59 Å². The number of benzene rings is 2. The minimum absolute atomic E-state index is 0.0483. The van der Waals surface area contributed by atoms with Crippen LogP contribution in [0, 0.1) is 11.7 Å². The molecule has 28 heavy (non-hydrogen) atoms. The van der Waals surface area contributed by atoms with Crippen LogP contribution in [0.15, 0.2) is 42.5 Å². The minimum Gasteiger partial charge on any atom is -0.274 e. The zero-order valence-corrected chi connectivity index (χ0v) is 16.2. The van der Waals surface area contributed by atoms with Crippen molar-refractivity contribution in [1.29, 1.82) is 0 Å². The molecule has 8 heteroatoms. The molecule has 0 aliphatic carbocycles. The molecule has 3 atom stereocenters. The average molecular weight is 420 g/mol. The van der Waals surface area contributed by atoms with Crippen molar-refractivity contribution in [2.45, 2.75) is 18.5 Å². The van der Waals surface area contributed by atoms with Crippen molar-refractivity contribution >= 4 is 40.7 Å². The number of anilines is 1. The van der Waals surface area contributed by atoms with Gasteiger partial charge in [0.05, 0.1) is 22.7 Å². The Labute approximate surface area is 171 Å². The molecule has 0 N–H and O–H groups in total. The summed E-state index contributed by atoms with van der Waals surface area (Å²) in [5.74, 6) is -1.84. The number of hydrogen-bond acceptors (Lipinski definition) is 4. The molecule has 2 aromatic carbocycles. The largest absolute Gasteiger partial charge is 0.274 e. The molecule has 3 aliphatic rings. The second kappa shape index (κ2) is 6.52. The van der Waals surface area contributed by atoms with Crippen molar-refractivity contribution in [1.82, 2.24) is 10.0 Å². The van der Waals surface area contributed by atoms with Crippen LogP contribution >= 0.6 is 23.2 Å². The van der Waals surface area contributed by atoms with E-state index < -0.39 is 17.8 Å². The van der Waals surface area contributed by atoms with Gasteiger partial charge in [0, 0.05) is 18.1 Å². The zero-order valence-electron chi connectivity index (χ0n) is 14.7. The van der Waals surface area contributed by atoms with Crippen molar-refractivity contribution in [2.24, 2.45) is 5.92 Å². The van der Waals surface area contributed by atoms with E-state index in [9.17, 15) is 14.0 Å². The number of nitrogens with zero attached hydrogens (tertiary/aromatic N) is 3. The molecule has 144 valence electrons. The quantitative estimate of drug-likeness (QED) is 0.696. The first kappa shape index (κ1) is 18.1. The maximum Gasteiger partial charge on any atom is 0.253 e. The lowest BCUT2D eigenvalue weighted by molar-refractivity contribution is -0.126. The molecule has 3 saturated heterocycles. The Hall–Kier alpha value is -1.99. The highest BCUT2D eigenvalue weighted by molar-refractivity contribution is 6.31. The molecule has 0 saturated carbocycles. The summed E-state index contributed by atoms with van der Waals surface area (Å²) in [6.45, 7) is 1.50. The summed E-state index contributed by atoms with van der Waals surface area (Å²) in [6, 6.07) is 10.6. The fourth-order valence-electron chi connectivity index (χ4n) is 4.65. The molecular formula is C20H16Cl2FN3O2. The Balaban J connectivity index is 1.58. The van der Waals surface area contributed by atoms with E-state index in [0.29, 0.717) is 11.6 Å². The Bertz CT molecular complexity index is 984. The highest BCUT2D eigenvalue weighted by atomic mass is 35.5. The molecule has 0 radical (unpaired) electrons. The van der Waals surface area contributed by atoms with Crippen LogP contribution in [0.1, 0.15) is 18.0 Å². The third kappa shape index (κ3) is 2.52. The summed E-state index contributed by atoms with van der Waals surface area (Å²) in [4.78, 5) is 27.7. The predicted octanol–water partition coefficient (Wildman–Crippen LogP) is 3.67. The van der Waals surface area contributed by atoms with Crippen molar-refractivity contribution in [3.05, 3.63) is 63.9 Å². The van der Waals surface area contributed by atoms with E-state index in [-0.39, 0.29) is 28.6 Å². The van der Waals surface area contributed by atoms with E-state index in [1.165, 1.54) is 12.1 Å². The second-order valence-electron chi connectivity index (χ2n) is 7.26. The smallest absolute Gasteiger partial charge is 0.253 e. The molecule has 3 fully saturated rings. The lowest BCUT2D eigenvalue weighted by atomic mass is 9.90. The molecule has 0 bridgehead atoms. The molecule has 5 nitrogen and oxygen atoms in total. The molecule has 2 amide bonds. The van der Waals surface area contributed by atoms with Crippen LogP contribution in [-0.4, -0.2) is 41.0 Å². The normalized spacial score (nSPS) is 27.5. The number of hydrogen-bond donors (Lipinski definition) is 0. The molecule has 0 unspecified atom stereocenters. The SMILES string of the molecule is O=C1[C@H]2[C@@H](C(=O)N1c1ccc(Cl)c(F)c1)N1CCCN1[C@H]2c1ccc(Cl)cc1. The first-order valence-electron chi connectivity index (χ1n) is 9.09. The van der Waals surface area contributed by atoms with Gasteiger partial charge in [-0.05, 0) is 42.3 Å². The predicted molar refractivity (Wildman–Crippen MR) is 103 cm³/mol. The topological polar surface area (TPSA) is 43.9 Å². The van der Waals surface area contributed by atoms with Gasteiger partial charge in [0.1, 0.15) is 11.9 Å². The summed E-state index contributed by atoms with van der Waals surface area (Å²) in [7, 11) is 0. The summed E-state index contributed by atoms with van der Waals surface area (Å²) in [5, 5.41) is 4.68. The van der Waals surface area contributed by atoms with E-state index in [0.717, 1.165) is 29.5 Å². The Kier molecular flexibility index (Phi) is 4.21. The summed E-state index contributed by atoms with van der Waals surface area (Å²) in [5.41, 5.74) is 1.15. The zero-order chi connectivity index (χ0) is 19.6. The summed E-state index contributed by atoms with van der Waals surface area (Å²) < 4.78 is 14.0. The van der Waals surface area contributed by atoms with Crippen molar-refractivity contribution in [3.8, 4) is 0 Å². The van der Waals surface area contributed by atoms with Crippen LogP contribution in [0.3, 0.4) is 0 Å². The molecule has 2 aromatic rings. The minimum atomic E-state index is -0.658. The number of carbonyl (C=O) groups is 2. The van der Waals surface area contributed by atoms with E-state index in [1.807, 2.05) is 17.1 Å². The van der Waals surface area contributed by atoms with Gasteiger partial charge in [-0.1, -0.05) is 35.3 Å². The highest BCUT2D eigenvalue weighted by Gasteiger charge is 2.62. The number of amides is 2. The van der Waals surface area contributed by atoms with Gasteiger partial charge in [-0.15, -0.1) is 0 Å². The fourth-order valence-corrected chi connectivity index (χ4v) is 4.90. The fraction of sp³-hybridized carbons (Fsp3) is 0.300. The van der Waals surface area contributed by atoms with Crippen molar-refractivity contribution < 1.29 is 14.0 Å². The van der Waals surface area contributed by atoms with Crippen LogP contribution in [0.4, 0.5) is 10.1 Å². The van der Waals surface area contributed by atoms with Crippen LogP contribution in [0.5, 0.6) is 0 Å². The standard InChI is InChI=1S/C20H16Cl2FN3O2/c21-12-4-2-11(3-5-12)17-16-18(25-9-1-8-24(17)25)20(28)26(19(16)27)13-6-7-14(22)15(23)10-13/h2-7,10,16-18H,1,8-9H2/t16-,17+,18+/m1/s1. The molecule has 3 heterocycles. The Morgan fingerprint density at radius 2 is 1.57 bits per heavy atom. The summed E-state index contributed by atoms with van der Waals surface area (Å²) >= 11 is 11.8. The van der Waals surface area contributed by atoms with Gasteiger partial charge < -0.3 is 0 Å². The molecule has 0 aromatic heterocycles. The van der Waals surface area contributed by atoms with Crippen LogP contribution in [0.2, 0.25) is 10.0 Å². The van der Waals surface area contributed by atoms with E-state index >= 15 is 0 Å². The number of fused-ring (bicyclic) bond motifs is 3. The van der Waals surface area contributed by atoms with E-state index in [2.05, 4.69) is 5.01 Å². The first-order valence-corrected chi connectivity index (χ1v) is 9.84. The molecule has 0 spiro atoms. The maximum absolute atomic E-state index is 14.0. The monoisotopic (exact) mass is 419 g/mol. The van der Waals surface area contributed by atoms with Crippen molar-refractivity contribution in [3.63, 3.8) is 0 Å². The number of rotatable bonds is 2. The Morgan fingerprint density at radius 1 is 0.893 bits per heavy atom. The van der Waals surface area contributed by atoms with Crippen LogP contribution in [0.25, 0.3) is 0 Å². The van der Waals surface area contributed by atoms with Crippen molar-refractivity contribution in [2.75, 3.05) is 18.0 Å². The van der Waals surface area contributed by atoms with Gasteiger partial charge >= 0.3 is 0 Å². The average Bonchev–Trinajstić information content (AvgIpc) is 3.31. The highest BCUT2D eigenvalue weighted by Crippen LogP contribution is 2.49. The van der Waals surface area contributed by atoms with E-state index in [4.69, 9.17) is 23.2 Å². The number of halogens is 3. The van der Waals surface area contributed by atoms with Gasteiger partial charge in [0.15, 0.2) is 0 Å². The third-order valence-electron chi connectivity index (χ3n) is 5.78. The lowest BCUT2D eigenvalue weighted by Gasteiger charge is -2.29. The van der Waals surface area contributed by atoms with Gasteiger partial charge in [-0.2, -0.15) is 0 Å². The maximum atomic E-state index is 14.0.